The van der Waals surface area contributed by atoms with E-state index in [0.717, 1.165) is 48.1 Å². The number of hydrogen-bond acceptors (Lipinski definition) is 3. The second kappa shape index (κ2) is 6.61. The first-order valence-electron chi connectivity index (χ1n) is 8.70. The summed E-state index contributed by atoms with van der Waals surface area (Å²) in [6.45, 7) is 1.22. The molecule has 1 aromatic heterocycles. The zero-order valence-electron chi connectivity index (χ0n) is 14.0. The molecule has 4 rings (SSSR count). The Kier molecular flexibility index (Phi) is 4.31. The van der Waals surface area contributed by atoms with Crippen molar-refractivity contribution in [3.63, 3.8) is 0 Å². The molecule has 3 aromatic rings. The third-order valence-electron chi connectivity index (χ3n) is 4.70. The zero-order valence-corrected chi connectivity index (χ0v) is 14.8. The number of sulfonamides is 1. The first-order valence-corrected chi connectivity index (χ1v) is 10.1. The fourth-order valence-corrected chi connectivity index (χ4v) is 4.86. The first-order chi connectivity index (χ1) is 12.1. The zero-order chi connectivity index (χ0) is 17.3. The Labute approximate surface area is 147 Å². The summed E-state index contributed by atoms with van der Waals surface area (Å²) in [4.78, 5) is 8.15. The van der Waals surface area contributed by atoms with Crippen molar-refractivity contribution in [3.05, 3.63) is 48.5 Å². The molecule has 0 aliphatic carbocycles. The lowest BCUT2D eigenvalue weighted by Crippen LogP contribution is -2.31. The number of imidazole rings is 1. The molecule has 0 saturated carbocycles. The van der Waals surface area contributed by atoms with E-state index in [1.165, 1.54) is 0 Å². The predicted molar refractivity (Wildman–Crippen MR) is 98.8 cm³/mol. The number of benzene rings is 2. The van der Waals surface area contributed by atoms with Crippen LogP contribution in [0.5, 0.6) is 0 Å². The number of H-pyrrole nitrogens is 1. The van der Waals surface area contributed by atoms with Crippen molar-refractivity contribution in [3.8, 4) is 11.4 Å². The summed E-state index contributed by atoms with van der Waals surface area (Å²) in [6.07, 6.45) is 4.07. The molecular weight excluding hydrogens is 334 g/mol. The normalized spacial score (nSPS) is 16.8. The van der Waals surface area contributed by atoms with E-state index >= 15 is 0 Å². The lowest BCUT2D eigenvalue weighted by atomic mass is 10.2. The van der Waals surface area contributed by atoms with Crippen LogP contribution >= 0.6 is 0 Å². The van der Waals surface area contributed by atoms with Gasteiger partial charge in [0.2, 0.25) is 10.0 Å². The van der Waals surface area contributed by atoms with Crippen molar-refractivity contribution in [2.75, 3.05) is 13.1 Å². The minimum absolute atomic E-state index is 0.338. The molecule has 1 fully saturated rings. The van der Waals surface area contributed by atoms with Crippen molar-refractivity contribution in [1.29, 1.82) is 0 Å². The molecule has 0 amide bonds. The van der Waals surface area contributed by atoms with Crippen molar-refractivity contribution >= 4 is 21.1 Å². The Morgan fingerprint density at radius 1 is 0.920 bits per heavy atom. The van der Waals surface area contributed by atoms with Crippen molar-refractivity contribution in [1.82, 2.24) is 14.3 Å². The van der Waals surface area contributed by atoms with E-state index in [4.69, 9.17) is 0 Å². The van der Waals surface area contributed by atoms with E-state index in [-0.39, 0.29) is 0 Å². The van der Waals surface area contributed by atoms with Gasteiger partial charge in [-0.2, -0.15) is 4.31 Å². The highest BCUT2D eigenvalue weighted by molar-refractivity contribution is 7.89. The predicted octanol–water partition coefficient (Wildman–Crippen LogP) is 3.79. The smallest absolute Gasteiger partial charge is 0.243 e. The lowest BCUT2D eigenvalue weighted by Gasteiger charge is -2.19. The second-order valence-corrected chi connectivity index (χ2v) is 8.39. The van der Waals surface area contributed by atoms with Crippen LogP contribution in [0.2, 0.25) is 0 Å². The topological polar surface area (TPSA) is 66.1 Å². The van der Waals surface area contributed by atoms with Gasteiger partial charge in [-0.05, 0) is 31.0 Å². The average molecular weight is 355 g/mol. The Balaban J connectivity index is 1.71. The molecule has 2 heterocycles. The highest BCUT2D eigenvalue weighted by Gasteiger charge is 2.25. The number of aromatic nitrogens is 2. The van der Waals surface area contributed by atoms with Gasteiger partial charge >= 0.3 is 0 Å². The molecule has 1 aliphatic heterocycles. The maximum atomic E-state index is 13.0. The SMILES string of the molecule is O=S(=O)(c1ccc2nc(-c3ccccc3)[nH]c2c1)N1CCCCCC1. The van der Waals surface area contributed by atoms with Gasteiger partial charge in [-0.3, -0.25) is 0 Å². The highest BCUT2D eigenvalue weighted by Crippen LogP contribution is 2.25. The van der Waals surface area contributed by atoms with Crippen LogP contribution < -0.4 is 0 Å². The van der Waals surface area contributed by atoms with Gasteiger partial charge in [0.05, 0.1) is 15.9 Å². The van der Waals surface area contributed by atoms with E-state index < -0.39 is 10.0 Å². The van der Waals surface area contributed by atoms with Crippen molar-refractivity contribution < 1.29 is 8.42 Å². The van der Waals surface area contributed by atoms with Crippen LogP contribution in [0.1, 0.15) is 25.7 Å². The van der Waals surface area contributed by atoms with E-state index in [1.807, 2.05) is 30.3 Å². The van der Waals surface area contributed by atoms with Crippen LogP contribution in [0.4, 0.5) is 0 Å². The van der Waals surface area contributed by atoms with Crippen LogP contribution in [0.15, 0.2) is 53.4 Å². The van der Waals surface area contributed by atoms with Crippen LogP contribution in [-0.4, -0.2) is 35.8 Å². The van der Waals surface area contributed by atoms with Gasteiger partial charge in [0.1, 0.15) is 5.82 Å². The summed E-state index contributed by atoms with van der Waals surface area (Å²) >= 11 is 0. The number of hydrogen-bond donors (Lipinski definition) is 1. The summed E-state index contributed by atoms with van der Waals surface area (Å²) < 4.78 is 27.5. The summed E-state index contributed by atoms with van der Waals surface area (Å²) in [5.74, 6) is 0.750. The molecule has 0 spiro atoms. The van der Waals surface area contributed by atoms with Gasteiger partial charge < -0.3 is 4.98 Å². The van der Waals surface area contributed by atoms with E-state index in [1.54, 1.807) is 22.5 Å². The second-order valence-electron chi connectivity index (χ2n) is 6.45. The molecule has 2 aromatic carbocycles. The summed E-state index contributed by atoms with van der Waals surface area (Å²) in [6, 6.07) is 15.0. The van der Waals surface area contributed by atoms with Gasteiger partial charge in [-0.1, -0.05) is 43.2 Å². The molecule has 130 valence electrons. The molecule has 0 bridgehead atoms. The van der Waals surface area contributed by atoms with Gasteiger partial charge in [-0.15, -0.1) is 0 Å². The minimum Gasteiger partial charge on any atom is -0.338 e. The summed E-state index contributed by atoms with van der Waals surface area (Å²) in [7, 11) is -3.45. The Morgan fingerprint density at radius 2 is 1.64 bits per heavy atom. The molecule has 0 radical (unpaired) electrons. The standard InChI is InChI=1S/C19H21N3O2S/c23-25(24,22-12-6-1-2-7-13-22)16-10-11-17-18(14-16)21-19(20-17)15-8-4-3-5-9-15/h3-5,8-11,14H,1-2,6-7,12-13H2,(H,20,21). The van der Waals surface area contributed by atoms with Gasteiger partial charge in [0, 0.05) is 18.7 Å². The Hall–Kier alpha value is -2.18. The fraction of sp³-hybridized carbons (Fsp3) is 0.316. The maximum Gasteiger partial charge on any atom is 0.243 e. The molecule has 0 unspecified atom stereocenters. The first kappa shape index (κ1) is 16.3. The molecule has 1 aliphatic rings. The quantitative estimate of drug-likeness (QED) is 0.777. The van der Waals surface area contributed by atoms with E-state index in [2.05, 4.69) is 9.97 Å². The largest absolute Gasteiger partial charge is 0.338 e. The number of rotatable bonds is 3. The minimum atomic E-state index is -3.45. The summed E-state index contributed by atoms with van der Waals surface area (Å²) in [5, 5.41) is 0. The molecule has 25 heavy (non-hydrogen) atoms. The molecule has 1 N–H and O–H groups in total. The van der Waals surface area contributed by atoms with Crippen LogP contribution in [0.25, 0.3) is 22.4 Å². The van der Waals surface area contributed by atoms with E-state index in [0.29, 0.717) is 18.0 Å². The highest BCUT2D eigenvalue weighted by atomic mass is 32.2. The Bertz CT molecular complexity index is 972. The monoisotopic (exact) mass is 355 g/mol. The molecule has 5 nitrogen and oxygen atoms in total. The number of fused-ring (bicyclic) bond motifs is 1. The number of nitrogens with zero attached hydrogens (tertiary/aromatic N) is 2. The molecule has 6 heteroatoms. The van der Waals surface area contributed by atoms with Gasteiger partial charge in [0.25, 0.3) is 0 Å². The third-order valence-corrected chi connectivity index (χ3v) is 6.60. The van der Waals surface area contributed by atoms with Crippen LogP contribution in [-0.2, 0) is 10.0 Å². The third kappa shape index (κ3) is 3.19. The van der Waals surface area contributed by atoms with Crippen LogP contribution in [0, 0.1) is 0 Å². The number of nitrogens with one attached hydrogen (secondary N) is 1. The molecular formula is C19H21N3O2S. The summed E-state index contributed by atoms with van der Waals surface area (Å²) in [5.41, 5.74) is 2.50. The van der Waals surface area contributed by atoms with E-state index in [9.17, 15) is 8.42 Å². The fourth-order valence-electron chi connectivity index (χ4n) is 3.31. The molecule has 1 saturated heterocycles. The van der Waals surface area contributed by atoms with Crippen molar-refractivity contribution in [2.45, 2.75) is 30.6 Å². The average Bonchev–Trinajstić information content (AvgIpc) is 2.86. The van der Waals surface area contributed by atoms with Gasteiger partial charge in [0.15, 0.2) is 0 Å². The maximum absolute atomic E-state index is 13.0. The lowest BCUT2D eigenvalue weighted by molar-refractivity contribution is 0.424. The van der Waals surface area contributed by atoms with Crippen molar-refractivity contribution in [2.24, 2.45) is 0 Å². The number of aromatic amines is 1. The van der Waals surface area contributed by atoms with Crippen LogP contribution in [0.3, 0.4) is 0 Å². The Morgan fingerprint density at radius 3 is 2.36 bits per heavy atom. The molecule has 0 atom stereocenters. The van der Waals surface area contributed by atoms with Gasteiger partial charge in [-0.25, -0.2) is 13.4 Å².